The molecule has 0 unspecified atom stereocenters. The zero-order valence-corrected chi connectivity index (χ0v) is 16.7. The Morgan fingerprint density at radius 3 is 2.64 bits per heavy atom. The highest BCUT2D eigenvalue weighted by molar-refractivity contribution is 7.85. The molecule has 3 aromatic rings. The number of hydrogen-bond donors (Lipinski definition) is 2. The lowest BCUT2D eigenvalue weighted by atomic mass is 10.1. The molecule has 2 N–H and O–H groups in total. The quantitative estimate of drug-likeness (QED) is 0.576. The summed E-state index contributed by atoms with van der Waals surface area (Å²) in [6, 6.07) is 3.92. The van der Waals surface area contributed by atoms with Crippen LogP contribution in [0, 0.1) is 0 Å². The summed E-state index contributed by atoms with van der Waals surface area (Å²) in [5.41, 5.74) is 1.37. The van der Waals surface area contributed by atoms with Gasteiger partial charge in [0.15, 0.2) is 5.52 Å². The van der Waals surface area contributed by atoms with E-state index in [4.69, 9.17) is 4.74 Å². The largest absolute Gasteiger partial charge is 0.493 e. The summed E-state index contributed by atoms with van der Waals surface area (Å²) >= 11 is 0. The number of nitrogens with zero attached hydrogens (tertiary/aromatic N) is 3. The van der Waals surface area contributed by atoms with E-state index in [9.17, 15) is 17.8 Å². The molecule has 28 heavy (non-hydrogen) atoms. The molecule has 2 aromatic heterocycles. The Kier molecular flexibility index (Phi) is 5.52. The fraction of sp³-hybridized carbons (Fsp3) is 0.389. The van der Waals surface area contributed by atoms with E-state index in [2.05, 4.69) is 15.1 Å². The molecule has 0 radical (unpaired) electrons. The van der Waals surface area contributed by atoms with E-state index in [0.717, 1.165) is 12.8 Å². The Labute approximate surface area is 162 Å². The molecule has 0 bridgehead atoms. The molecule has 0 aliphatic rings. The van der Waals surface area contributed by atoms with Crippen molar-refractivity contribution in [3.8, 4) is 17.1 Å². The number of rotatable bonds is 7. The van der Waals surface area contributed by atoms with Gasteiger partial charge in [0.1, 0.15) is 17.1 Å². The van der Waals surface area contributed by atoms with E-state index in [-0.39, 0.29) is 16.3 Å². The first-order chi connectivity index (χ1) is 13.3. The van der Waals surface area contributed by atoms with Crippen LogP contribution in [0.15, 0.2) is 27.9 Å². The van der Waals surface area contributed by atoms with Gasteiger partial charge in [-0.25, -0.2) is 4.98 Å². The molecule has 0 atom stereocenters. The third kappa shape index (κ3) is 3.78. The van der Waals surface area contributed by atoms with Gasteiger partial charge in [0.05, 0.1) is 22.8 Å². The Hall–Kier alpha value is -2.72. The first-order valence-electron chi connectivity index (χ1n) is 8.96. The molecule has 9 nitrogen and oxygen atoms in total. The lowest BCUT2D eigenvalue weighted by Crippen LogP contribution is -2.13. The number of H-pyrrole nitrogens is 1. The maximum Gasteiger partial charge on any atom is 0.294 e. The molecule has 10 heteroatoms. The van der Waals surface area contributed by atoms with Crippen LogP contribution >= 0.6 is 0 Å². The zero-order valence-electron chi connectivity index (χ0n) is 15.9. The van der Waals surface area contributed by atoms with Crippen molar-refractivity contribution in [3.05, 3.63) is 34.2 Å². The topological polar surface area (TPSA) is 127 Å². The summed E-state index contributed by atoms with van der Waals surface area (Å²) < 4.78 is 39.7. The van der Waals surface area contributed by atoms with Crippen LogP contribution in [-0.4, -0.2) is 39.3 Å². The fourth-order valence-electron chi connectivity index (χ4n) is 2.97. The Morgan fingerprint density at radius 1 is 1.25 bits per heavy atom. The highest BCUT2D eigenvalue weighted by Gasteiger charge is 2.20. The van der Waals surface area contributed by atoms with Crippen LogP contribution in [0.3, 0.4) is 0 Å². The van der Waals surface area contributed by atoms with Gasteiger partial charge >= 0.3 is 0 Å². The van der Waals surface area contributed by atoms with Crippen molar-refractivity contribution in [3.63, 3.8) is 0 Å². The molecule has 0 amide bonds. The van der Waals surface area contributed by atoms with Crippen molar-refractivity contribution in [2.75, 3.05) is 6.61 Å². The lowest BCUT2D eigenvalue weighted by Gasteiger charge is -2.12. The van der Waals surface area contributed by atoms with Gasteiger partial charge in [-0.05, 0) is 31.0 Å². The third-order valence-corrected chi connectivity index (χ3v) is 5.06. The average Bonchev–Trinajstić information content (AvgIpc) is 2.95. The van der Waals surface area contributed by atoms with E-state index in [1.165, 1.54) is 22.9 Å². The summed E-state index contributed by atoms with van der Waals surface area (Å²) in [5.74, 6) is 0.511. The first kappa shape index (κ1) is 20.0. The van der Waals surface area contributed by atoms with E-state index >= 15 is 0 Å². The Morgan fingerprint density at radius 2 is 2.00 bits per heavy atom. The maximum absolute atomic E-state index is 12.7. The van der Waals surface area contributed by atoms with Gasteiger partial charge in [0, 0.05) is 7.05 Å². The number of aryl methyl sites for hydroxylation is 2. The number of aromatic amines is 1. The summed E-state index contributed by atoms with van der Waals surface area (Å²) in [5, 5.41) is 4.37. The molecule has 0 spiro atoms. The minimum Gasteiger partial charge on any atom is -0.493 e. The van der Waals surface area contributed by atoms with Crippen LogP contribution in [0.25, 0.3) is 22.4 Å². The predicted molar refractivity (Wildman–Crippen MR) is 104 cm³/mol. The third-order valence-electron chi connectivity index (χ3n) is 4.22. The van der Waals surface area contributed by atoms with Gasteiger partial charge in [0.25, 0.3) is 15.7 Å². The number of aromatic nitrogens is 4. The van der Waals surface area contributed by atoms with Gasteiger partial charge in [-0.2, -0.15) is 13.5 Å². The van der Waals surface area contributed by atoms with E-state index in [1.54, 1.807) is 7.05 Å². The second-order valence-corrected chi connectivity index (χ2v) is 7.84. The van der Waals surface area contributed by atoms with Crippen LogP contribution in [0.4, 0.5) is 0 Å². The maximum atomic E-state index is 12.7. The van der Waals surface area contributed by atoms with Crippen molar-refractivity contribution in [1.29, 1.82) is 0 Å². The summed E-state index contributed by atoms with van der Waals surface area (Å²) in [6.07, 6.45) is 2.22. The van der Waals surface area contributed by atoms with Gasteiger partial charge < -0.3 is 9.72 Å². The van der Waals surface area contributed by atoms with E-state index in [1.807, 2.05) is 13.8 Å². The summed E-state index contributed by atoms with van der Waals surface area (Å²) in [7, 11) is -2.75. The smallest absolute Gasteiger partial charge is 0.294 e. The SMILES string of the molecule is CCCOc1ccc(S(=O)(=O)O)cc1-c1nc2c(CCC)nn(C)c2c(=O)[nH]1. The van der Waals surface area contributed by atoms with E-state index in [0.29, 0.717) is 35.5 Å². The van der Waals surface area contributed by atoms with Crippen LogP contribution in [0.1, 0.15) is 32.4 Å². The van der Waals surface area contributed by atoms with Gasteiger partial charge in [-0.15, -0.1) is 0 Å². The van der Waals surface area contributed by atoms with Crippen LogP contribution in [0.2, 0.25) is 0 Å². The molecule has 0 aliphatic carbocycles. The van der Waals surface area contributed by atoms with Crippen molar-refractivity contribution in [1.82, 2.24) is 19.7 Å². The molecule has 150 valence electrons. The Balaban J connectivity index is 2.27. The van der Waals surface area contributed by atoms with Crippen molar-refractivity contribution in [2.45, 2.75) is 38.0 Å². The molecular formula is C18H22N4O5S. The zero-order chi connectivity index (χ0) is 20.5. The Bertz CT molecular complexity index is 1180. The van der Waals surface area contributed by atoms with Crippen LogP contribution in [0.5, 0.6) is 5.75 Å². The monoisotopic (exact) mass is 406 g/mol. The van der Waals surface area contributed by atoms with E-state index < -0.39 is 15.7 Å². The predicted octanol–water partition coefficient (Wildman–Crippen LogP) is 2.31. The van der Waals surface area contributed by atoms with Crippen molar-refractivity contribution in [2.24, 2.45) is 7.05 Å². The molecule has 0 saturated carbocycles. The fourth-order valence-corrected chi connectivity index (χ4v) is 3.48. The average molecular weight is 406 g/mol. The molecule has 0 aliphatic heterocycles. The molecular weight excluding hydrogens is 384 g/mol. The second-order valence-electron chi connectivity index (χ2n) is 6.41. The number of hydrogen-bond acceptors (Lipinski definition) is 6. The molecule has 1 aromatic carbocycles. The standard InChI is InChI=1S/C18H22N4O5S/c1-4-6-13-15-16(22(3)21-13)18(23)20-17(19-15)12-10-11(28(24,25)26)7-8-14(12)27-9-5-2/h7-8,10H,4-6,9H2,1-3H3,(H,19,20,23)(H,24,25,26). The number of fused-ring (bicyclic) bond motifs is 1. The lowest BCUT2D eigenvalue weighted by molar-refractivity contribution is 0.318. The van der Waals surface area contributed by atoms with Crippen LogP contribution < -0.4 is 10.3 Å². The van der Waals surface area contributed by atoms with Gasteiger partial charge in [-0.3, -0.25) is 14.0 Å². The van der Waals surface area contributed by atoms with Crippen molar-refractivity contribution >= 4 is 21.2 Å². The normalized spacial score (nSPS) is 11.9. The number of benzene rings is 1. The minimum atomic E-state index is -4.43. The molecule has 3 rings (SSSR count). The highest BCUT2D eigenvalue weighted by Crippen LogP contribution is 2.31. The summed E-state index contributed by atoms with van der Waals surface area (Å²) in [4.78, 5) is 19.6. The first-order valence-corrected chi connectivity index (χ1v) is 10.4. The van der Waals surface area contributed by atoms with Crippen LogP contribution in [-0.2, 0) is 23.6 Å². The molecule has 0 saturated heterocycles. The second kappa shape index (κ2) is 7.72. The summed E-state index contributed by atoms with van der Waals surface area (Å²) in [6.45, 7) is 4.34. The highest BCUT2D eigenvalue weighted by atomic mass is 32.2. The number of ether oxygens (including phenoxy) is 1. The molecule has 2 heterocycles. The minimum absolute atomic E-state index is 0.152. The van der Waals surface area contributed by atoms with Gasteiger partial charge in [-0.1, -0.05) is 20.3 Å². The van der Waals surface area contributed by atoms with Crippen molar-refractivity contribution < 1.29 is 17.7 Å². The molecule has 0 fully saturated rings. The number of nitrogens with one attached hydrogen (secondary N) is 1. The van der Waals surface area contributed by atoms with Gasteiger partial charge in [0.2, 0.25) is 0 Å².